The topological polar surface area (TPSA) is 26.3 Å². The fourth-order valence-electron chi connectivity index (χ4n) is 5.06. The van der Waals surface area contributed by atoms with Crippen LogP contribution in [0.1, 0.15) is 59.8 Å². The monoisotopic (exact) mass is 288 g/mol. The Balaban J connectivity index is 1.96. The summed E-state index contributed by atoms with van der Waals surface area (Å²) in [5.74, 6) is 0.363. The highest BCUT2D eigenvalue weighted by Gasteiger charge is 2.47. The summed E-state index contributed by atoms with van der Waals surface area (Å²) in [6, 6.07) is 0. The van der Waals surface area contributed by atoms with E-state index in [1.165, 1.54) is 36.8 Å². The molecule has 116 valence electrons. The molecular formula is C19H28O2. The number of ether oxygens (including phenoxy) is 1. The Hall–Kier alpha value is -1.05. The third kappa shape index (κ3) is 2.47. The highest BCUT2D eigenvalue weighted by atomic mass is 16.5. The summed E-state index contributed by atoms with van der Waals surface area (Å²) in [6.45, 7) is 9.86. The third-order valence-corrected chi connectivity index (χ3v) is 5.85. The molecule has 2 fully saturated rings. The maximum Gasteiger partial charge on any atom is 0.313 e. The van der Waals surface area contributed by atoms with Gasteiger partial charge in [0.2, 0.25) is 0 Å². The van der Waals surface area contributed by atoms with Crippen molar-refractivity contribution in [2.75, 3.05) is 6.61 Å². The fourth-order valence-corrected chi connectivity index (χ4v) is 5.06. The molecule has 1 saturated heterocycles. The summed E-state index contributed by atoms with van der Waals surface area (Å²) in [6.07, 6.45) is 10.6. The molecule has 0 N–H and O–H groups in total. The lowest BCUT2D eigenvalue weighted by Gasteiger charge is -2.46. The summed E-state index contributed by atoms with van der Waals surface area (Å²) >= 11 is 0. The average molecular weight is 288 g/mol. The lowest BCUT2D eigenvalue weighted by atomic mass is 9.58. The molecule has 0 bridgehead atoms. The minimum absolute atomic E-state index is 0.00244. The van der Waals surface area contributed by atoms with Gasteiger partial charge in [0.1, 0.15) is 0 Å². The van der Waals surface area contributed by atoms with E-state index in [9.17, 15) is 4.79 Å². The molecule has 0 aromatic rings. The minimum Gasteiger partial charge on any atom is -0.465 e. The molecule has 0 radical (unpaired) electrons. The van der Waals surface area contributed by atoms with Crippen LogP contribution in [0.2, 0.25) is 0 Å². The first kappa shape index (κ1) is 14.9. The first-order valence-electron chi connectivity index (χ1n) is 8.40. The standard InChI is InChI=1S/C19H28O2/c1-5-14-15(8-7-13-11-21-17(20)16(13)14)19(4)10-6-9-18(2,3)12-19/h5,8,13,16H,6-7,9-12H2,1-4H3/b14-5+/t13-,16+,19-/m0/s1. The molecule has 3 aliphatic rings. The van der Waals surface area contributed by atoms with Crippen LogP contribution >= 0.6 is 0 Å². The van der Waals surface area contributed by atoms with Gasteiger partial charge in [0.25, 0.3) is 0 Å². The fraction of sp³-hybridized carbons (Fsp3) is 0.737. The highest BCUT2D eigenvalue weighted by Crippen LogP contribution is 2.55. The van der Waals surface area contributed by atoms with E-state index in [1.807, 2.05) is 0 Å². The minimum atomic E-state index is -0.00290. The van der Waals surface area contributed by atoms with Gasteiger partial charge in [0.05, 0.1) is 12.5 Å². The van der Waals surface area contributed by atoms with Crippen LogP contribution in [-0.4, -0.2) is 12.6 Å². The molecule has 2 aliphatic carbocycles. The maximum absolute atomic E-state index is 12.1. The van der Waals surface area contributed by atoms with Gasteiger partial charge in [0, 0.05) is 5.92 Å². The lowest BCUT2D eigenvalue weighted by molar-refractivity contribution is -0.140. The van der Waals surface area contributed by atoms with E-state index in [2.05, 4.69) is 39.8 Å². The van der Waals surface area contributed by atoms with Gasteiger partial charge in [-0.25, -0.2) is 0 Å². The predicted octanol–water partition coefficient (Wildman–Crippen LogP) is 4.66. The van der Waals surface area contributed by atoms with Crippen molar-refractivity contribution in [3.8, 4) is 0 Å². The van der Waals surface area contributed by atoms with Crippen molar-refractivity contribution in [2.45, 2.75) is 59.8 Å². The van der Waals surface area contributed by atoms with Crippen molar-refractivity contribution in [2.24, 2.45) is 22.7 Å². The molecular weight excluding hydrogens is 260 g/mol. The lowest BCUT2D eigenvalue weighted by Crippen LogP contribution is -2.36. The summed E-state index contributed by atoms with van der Waals surface area (Å²) < 4.78 is 5.33. The Morgan fingerprint density at radius 3 is 2.71 bits per heavy atom. The van der Waals surface area contributed by atoms with E-state index in [0.717, 1.165) is 6.42 Å². The van der Waals surface area contributed by atoms with Crippen LogP contribution < -0.4 is 0 Å². The molecule has 0 spiro atoms. The highest BCUT2D eigenvalue weighted by molar-refractivity contribution is 5.80. The van der Waals surface area contributed by atoms with Gasteiger partial charge in [-0.05, 0) is 54.6 Å². The second-order valence-corrected chi connectivity index (χ2v) is 8.22. The van der Waals surface area contributed by atoms with Crippen molar-refractivity contribution in [3.05, 3.63) is 23.3 Å². The zero-order valence-corrected chi connectivity index (χ0v) is 13.9. The zero-order valence-electron chi connectivity index (χ0n) is 13.9. The number of esters is 1. The van der Waals surface area contributed by atoms with Crippen LogP contribution in [0.4, 0.5) is 0 Å². The van der Waals surface area contributed by atoms with Crippen LogP contribution in [0.25, 0.3) is 0 Å². The predicted molar refractivity (Wildman–Crippen MR) is 84.8 cm³/mol. The molecule has 0 amide bonds. The molecule has 0 aromatic heterocycles. The van der Waals surface area contributed by atoms with Crippen LogP contribution in [0, 0.1) is 22.7 Å². The van der Waals surface area contributed by atoms with E-state index in [1.54, 1.807) is 0 Å². The Labute approximate surface area is 128 Å². The number of hydrogen-bond donors (Lipinski definition) is 0. The van der Waals surface area contributed by atoms with Gasteiger partial charge in [-0.1, -0.05) is 39.3 Å². The summed E-state index contributed by atoms with van der Waals surface area (Å²) in [5, 5.41) is 0. The van der Waals surface area contributed by atoms with E-state index >= 15 is 0 Å². The van der Waals surface area contributed by atoms with Crippen molar-refractivity contribution in [3.63, 3.8) is 0 Å². The molecule has 1 aliphatic heterocycles. The first-order valence-corrected chi connectivity index (χ1v) is 8.40. The number of carbonyl (C=O) groups is 1. The normalized spacial score (nSPS) is 40.7. The molecule has 2 nitrogen and oxygen atoms in total. The molecule has 0 unspecified atom stereocenters. The average Bonchev–Trinajstić information content (AvgIpc) is 2.78. The van der Waals surface area contributed by atoms with Crippen LogP contribution in [0.5, 0.6) is 0 Å². The van der Waals surface area contributed by atoms with Crippen molar-refractivity contribution >= 4 is 5.97 Å². The largest absolute Gasteiger partial charge is 0.465 e. The molecule has 3 rings (SSSR count). The van der Waals surface area contributed by atoms with Crippen LogP contribution in [0.15, 0.2) is 23.3 Å². The first-order chi connectivity index (χ1) is 9.86. The van der Waals surface area contributed by atoms with E-state index in [4.69, 9.17) is 4.74 Å². The van der Waals surface area contributed by atoms with Crippen LogP contribution in [-0.2, 0) is 9.53 Å². The molecule has 0 aromatic carbocycles. The molecule has 1 saturated carbocycles. The second-order valence-electron chi connectivity index (χ2n) is 8.22. The van der Waals surface area contributed by atoms with E-state index < -0.39 is 0 Å². The molecule has 3 atom stereocenters. The molecule has 21 heavy (non-hydrogen) atoms. The van der Waals surface area contributed by atoms with Crippen molar-refractivity contribution in [1.29, 1.82) is 0 Å². The van der Waals surface area contributed by atoms with Gasteiger partial charge in [-0.3, -0.25) is 4.79 Å². The quantitative estimate of drug-likeness (QED) is 0.656. The van der Waals surface area contributed by atoms with Gasteiger partial charge >= 0.3 is 5.97 Å². The van der Waals surface area contributed by atoms with Gasteiger partial charge in [0.15, 0.2) is 0 Å². The summed E-state index contributed by atoms with van der Waals surface area (Å²) in [4.78, 5) is 12.1. The van der Waals surface area contributed by atoms with Crippen molar-refractivity contribution < 1.29 is 9.53 Å². The van der Waals surface area contributed by atoms with E-state index in [-0.39, 0.29) is 17.3 Å². The van der Waals surface area contributed by atoms with E-state index in [0.29, 0.717) is 17.9 Å². The molecule has 2 heteroatoms. The Morgan fingerprint density at radius 2 is 2.05 bits per heavy atom. The van der Waals surface area contributed by atoms with Crippen LogP contribution in [0.3, 0.4) is 0 Å². The number of allylic oxidation sites excluding steroid dienone is 3. The Bertz CT molecular complexity index is 512. The summed E-state index contributed by atoms with van der Waals surface area (Å²) in [5.41, 5.74) is 3.32. The maximum atomic E-state index is 12.1. The van der Waals surface area contributed by atoms with Gasteiger partial charge in [-0.15, -0.1) is 0 Å². The number of rotatable bonds is 1. The van der Waals surface area contributed by atoms with Gasteiger partial charge in [-0.2, -0.15) is 0 Å². The van der Waals surface area contributed by atoms with Crippen molar-refractivity contribution in [1.82, 2.24) is 0 Å². The Kier molecular flexibility index (Phi) is 3.54. The molecule has 1 heterocycles. The number of hydrogen-bond acceptors (Lipinski definition) is 2. The summed E-state index contributed by atoms with van der Waals surface area (Å²) in [7, 11) is 0. The zero-order chi connectivity index (χ0) is 15.3. The third-order valence-electron chi connectivity index (χ3n) is 5.85. The Morgan fingerprint density at radius 1 is 1.29 bits per heavy atom. The number of cyclic esters (lactones) is 1. The smallest absolute Gasteiger partial charge is 0.313 e. The number of carbonyl (C=O) groups excluding carboxylic acids is 1. The SMILES string of the molecule is C/C=C1\C([C@@]2(C)CCCC(C)(C)C2)=CC[C@H]2COC(=O)[C@@H]12. The second kappa shape index (κ2) is 5.00. The van der Waals surface area contributed by atoms with Gasteiger partial charge < -0.3 is 4.74 Å². The number of fused-ring (bicyclic) bond motifs is 1.